The van der Waals surface area contributed by atoms with Gasteiger partial charge in [0.15, 0.2) is 0 Å². The standard InChI is InChI=1S/C9H12FNO/c1-12-11-7-9-5-3-2-4-8(9)6-10/h2-5,11H,6-7H2,1H3. The first-order valence-electron chi connectivity index (χ1n) is 3.77. The summed E-state index contributed by atoms with van der Waals surface area (Å²) in [4.78, 5) is 4.67. The Morgan fingerprint density at radius 1 is 1.33 bits per heavy atom. The summed E-state index contributed by atoms with van der Waals surface area (Å²) in [5.41, 5.74) is 4.32. The van der Waals surface area contributed by atoms with Crippen LogP contribution in [0.1, 0.15) is 11.1 Å². The molecule has 0 aromatic heterocycles. The summed E-state index contributed by atoms with van der Waals surface area (Å²) in [5.74, 6) is 0. The van der Waals surface area contributed by atoms with E-state index in [1.807, 2.05) is 18.2 Å². The molecular formula is C9H12FNO. The van der Waals surface area contributed by atoms with Crippen molar-refractivity contribution in [3.63, 3.8) is 0 Å². The lowest BCUT2D eigenvalue weighted by atomic mass is 10.1. The first kappa shape index (κ1) is 9.16. The van der Waals surface area contributed by atoms with Gasteiger partial charge >= 0.3 is 0 Å². The number of rotatable bonds is 4. The van der Waals surface area contributed by atoms with Crippen LogP contribution in [0.25, 0.3) is 0 Å². The first-order valence-corrected chi connectivity index (χ1v) is 3.77. The Bertz CT molecular complexity index is 240. The number of hydroxylamine groups is 1. The predicted molar refractivity (Wildman–Crippen MR) is 45.1 cm³/mol. The second-order valence-corrected chi connectivity index (χ2v) is 2.43. The minimum absolute atomic E-state index is 0.429. The zero-order chi connectivity index (χ0) is 8.81. The summed E-state index contributed by atoms with van der Waals surface area (Å²) in [5, 5.41) is 0. The second-order valence-electron chi connectivity index (χ2n) is 2.43. The van der Waals surface area contributed by atoms with Crippen molar-refractivity contribution in [3.8, 4) is 0 Å². The van der Waals surface area contributed by atoms with Gasteiger partial charge in [-0.15, -0.1) is 0 Å². The third-order valence-corrected chi connectivity index (χ3v) is 1.67. The Hall–Kier alpha value is -0.930. The quantitative estimate of drug-likeness (QED) is 0.694. The Balaban J connectivity index is 2.68. The van der Waals surface area contributed by atoms with E-state index in [-0.39, 0.29) is 0 Å². The number of nitrogens with one attached hydrogen (secondary N) is 1. The molecule has 0 aliphatic heterocycles. The average molecular weight is 169 g/mol. The minimum atomic E-state index is -0.429. The molecule has 0 spiro atoms. The van der Waals surface area contributed by atoms with Crippen LogP contribution in [0.4, 0.5) is 4.39 Å². The van der Waals surface area contributed by atoms with Crippen LogP contribution in [-0.4, -0.2) is 7.11 Å². The van der Waals surface area contributed by atoms with Gasteiger partial charge in [-0.05, 0) is 11.1 Å². The van der Waals surface area contributed by atoms with E-state index < -0.39 is 6.67 Å². The summed E-state index contributed by atoms with van der Waals surface area (Å²) in [6, 6.07) is 7.35. The van der Waals surface area contributed by atoms with Crippen LogP contribution in [0.5, 0.6) is 0 Å². The van der Waals surface area contributed by atoms with Crippen LogP contribution in [0.3, 0.4) is 0 Å². The number of hydrogen-bond acceptors (Lipinski definition) is 2. The molecule has 2 nitrogen and oxygen atoms in total. The fourth-order valence-electron chi connectivity index (χ4n) is 1.01. The molecule has 0 saturated carbocycles. The first-order chi connectivity index (χ1) is 5.88. The van der Waals surface area contributed by atoms with Crippen molar-refractivity contribution < 1.29 is 9.23 Å². The van der Waals surface area contributed by atoms with Crippen LogP contribution in [0.2, 0.25) is 0 Å². The molecule has 3 heteroatoms. The van der Waals surface area contributed by atoms with Crippen molar-refractivity contribution in [2.24, 2.45) is 0 Å². The fourth-order valence-corrected chi connectivity index (χ4v) is 1.01. The van der Waals surface area contributed by atoms with E-state index in [2.05, 4.69) is 10.3 Å². The van der Waals surface area contributed by atoms with Crippen LogP contribution < -0.4 is 5.48 Å². The van der Waals surface area contributed by atoms with E-state index in [1.54, 1.807) is 6.07 Å². The van der Waals surface area contributed by atoms with Crippen molar-refractivity contribution >= 4 is 0 Å². The van der Waals surface area contributed by atoms with Crippen LogP contribution in [0.15, 0.2) is 24.3 Å². The SMILES string of the molecule is CONCc1ccccc1CF. The Morgan fingerprint density at radius 2 is 2.00 bits per heavy atom. The molecule has 0 heterocycles. The van der Waals surface area contributed by atoms with Crippen molar-refractivity contribution in [3.05, 3.63) is 35.4 Å². The lowest BCUT2D eigenvalue weighted by molar-refractivity contribution is 0.0864. The normalized spacial score (nSPS) is 10.2. The number of hydrogen-bond donors (Lipinski definition) is 1. The molecule has 0 unspecified atom stereocenters. The fraction of sp³-hybridized carbons (Fsp3) is 0.333. The maximum absolute atomic E-state index is 12.3. The summed E-state index contributed by atoms with van der Waals surface area (Å²) >= 11 is 0. The van der Waals surface area contributed by atoms with Gasteiger partial charge in [0.25, 0.3) is 0 Å². The van der Waals surface area contributed by atoms with E-state index >= 15 is 0 Å². The molecule has 66 valence electrons. The lowest BCUT2D eigenvalue weighted by Crippen LogP contribution is -2.11. The maximum Gasteiger partial charge on any atom is 0.115 e. The zero-order valence-electron chi connectivity index (χ0n) is 7.01. The molecule has 1 aromatic rings. The summed E-state index contributed by atoms with van der Waals surface area (Å²) < 4.78 is 12.3. The van der Waals surface area contributed by atoms with Crippen molar-refractivity contribution in [2.75, 3.05) is 7.11 Å². The monoisotopic (exact) mass is 169 g/mol. The van der Waals surface area contributed by atoms with Crippen molar-refractivity contribution in [1.82, 2.24) is 5.48 Å². The van der Waals surface area contributed by atoms with E-state index in [1.165, 1.54) is 7.11 Å². The second kappa shape index (κ2) is 4.85. The Morgan fingerprint density at radius 3 is 2.58 bits per heavy atom. The summed E-state index contributed by atoms with van der Waals surface area (Å²) in [6.07, 6.45) is 0. The van der Waals surface area contributed by atoms with E-state index in [9.17, 15) is 4.39 Å². The van der Waals surface area contributed by atoms with Crippen molar-refractivity contribution in [2.45, 2.75) is 13.2 Å². The lowest BCUT2D eigenvalue weighted by Gasteiger charge is -2.05. The Kier molecular flexibility index (Phi) is 3.70. The highest BCUT2D eigenvalue weighted by Gasteiger charge is 1.99. The topological polar surface area (TPSA) is 21.3 Å². The number of halogens is 1. The smallest absolute Gasteiger partial charge is 0.115 e. The molecule has 0 bridgehead atoms. The van der Waals surface area contributed by atoms with Gasteiger partial charge in [0, 0.05) is 6.54 Å². The predicted octanol–water partition coefficient (Wildman–Crippen LogP) is 1.81. The van der Waals surface area contributed by atoms with E-state index in [4.69, 9.17) is 0 Å². The highest BCUT2D eigenvalue weighted by molar-refractivity contribution is 5.25. The van der Waals surface area contributed by atoms with Gasteiger partial charge in [0.1, 0.15) is 6.67 Å². The molecule has 0 fully saturated rings. The molecular weight excluding hydrogens is 157 g/mol. The highest BCUT2D eigenvalue weighted by atomic mass is 19.1. The summed E-state index contributed by atoms with van der Waals surface area (Å²) in [6.45, 7) is 0.109. The van der Waals surface area contributed by atoms with Crippen LogP contribution >= 0.6 is 0 Å². The highest BCUT2D eigenvalue weighted by Crippen LogP contribution is 2.09. The van der Waals surface area contributed by atoms with Gasteiger partial charge < -0.3 is 4.84 Å². The molecule has 0 aliphatic carbocycles. The molecule has 1 N–H and O–H groups in total. The molecule has 0 radical (unpaired) electrons. The van der Waals surface area contributed by atoms with Crippen molar-refractivity contribution in [1.29, 1.82) is 0 Å². The van der Waals surface area contributed by atoms with Gasteiger partial charge in [-0.1, -0.05) is 24.3 Å². The van der Waals surface area contributed by atoms with E-state index in [0.29, 0.717) is 12.1 Å². The molecule has 0 saturated heterocycles. The summed E-state index contributed by atoms with van der Waals surface area (Å²) in [7, 11) is 1.54. The van der Waals surface area contributed by atoms with Gasteiger partial charge in [0.05, 0.1) is 7.11 Å². The molecule has 0 atom stereocenters. The van der Waals surface area contributed by atoms with Gasteiger partial charge in [-0.25, -0.2) is 4.39 Å². The van der Waals surface area contributed by atoms with Crippen LogP contribution in [0, 0.1) is 0 Å². The molecule has 0 aliphatic rings. The largest absolute Gasteiger partial charge is 0.305 e. The van der Waals surface area contributed by atoms with Gasteiger partial charge in [-0.2, -0.15) is 5.48 Å². The van der Waals surface area contributed by atoms with E-state index in [0.717, 1.165) is 5.56 Å². The number of benzene rings is 1. The van der Waals surface area contributed by atoms with Crippen LogP contribution in [-0.2, 0) is 18.1 Å². The Labute approximate surface area is 71.3 Å². The maximum atomic E-state index is 12.3. The third kappa shape index (κ3) is 2.29. The molecule has 0 amide bonds. The molecule has 1 aromatic carbocycles. The molecule has 1 rings (SSSR count). The van der Waals surface area contributed by atoms with Gasteiger partial charge in [0.2, 0.25) is 0 Å². The zero-order valence-corrected chi connectivity index (χ0v) is 7.01. The minimum Gasteiger partial charge on any atom is -0.305 e. The molecule has 12 heavy (non-hydrogen) atoms. The number of alkyl halides is 1. The average Bonchev–Trinajstić information content (AvgIpc) is 2.15. The third-order valence-electron chi connectivity index (χ3n) is 1.67. The van der Waals surface area contributed by atoms with Gasteiger partial charge in [-0.3, -0.25) is 0 Å².